The maximum atomic E-state index is 12.6. The molecule has 1 aliphatic rings. The predicted octanol–water partition coefficient (Wildman–Crippen LogP) is 4.18. The minimum Gasteiger partial charge on any atom is -0.341 e. The van der Waals surface area contributed by atoms with E-state index in [4.69, 9.17) is 11.6 Å². The van der Waals surface area contributed by atoms with Crippen LogP contribution >= 0.6 is 11.6 Å². The number of benzene rings is 1. The topological polar surface area (TPSA) is 79.3 Å². The van der Waals surface area contributed by atoms with Crippen LogP contribution < -0.4 is 10.6 Å². The van der Waals surface area contributed by atoms with E-state index in [1.807, 2.05) is 42.8 Å². The maximum absolute atomic E-state index is 12.6. The lowest BCUT2D eigenvalue weighted by Crippen LogP contribution is -2.43. The molecule has 1 aliphatic carbocycles. The van der Waals surface area contributed by atoms with Gasteiger partial charge >= 0.3 is 6.03 Å². The molecule has 0 atom stereocenters. The molecule has 1 saturated carbocycles. The summed E-state index contributed by atoms with van der Waals surface area (Å²) in [5.74, 6) is -0.0133. The number of urea groups is 1. The quantitative estimate of drug-likeness (QED) is 0.621. The second-order valence-electron chi connectivity index (χ2n) is 8.63. The van der Waals surface area contributed by atoms with Crippen molar-refractivity contribution < 1.29 is 9.59 Å². The molecule has 3 rings (SSSR count). The third-order valence-electron chi connectivity index (χ3n) is 6.20. The first-order chi connectivity index (χ1) is 15.3. The van der Waals surface area contributed by atoms with E-state index in [-0.39, 0.29) is 24.4 Å². The zero-order valence-corrected chi connectivity index (χ0v) is 20.0. The fourth-order valence-electron chi connectivity index (χ4n) is 4.19. The van der Waals surface area contributed by atoms with Crippen molar-refractivity contribution in [3.05, 3.63) is 51.8 Å². The molecule has 0 aliphatic heterocycles. The second kappa shape index (κ2) is 11.4. The summed E-state index contributed by atoms with van der Waals surface area (Å²) in [4.78, 5) is 26.3. The number of aryl methyl sites for hydroxylation is 1. The maximum Gasteiger partial charge on any atom is 0.315 e. The minimum atomic E-state index is -0.181. The fraction of sp³-hybridized carbons (Fsp3) is 0.542. The van der Waals surface area contributed by atoms with Crippen molar-refractivity contribution in [3.8, 4) is 0 Å². The van der Waals surface area contributed by atoms with Crippen molar-refractivity contribution in [1.29, 1.82) is 0 Å². The van der Waals surface area contributed by atoms with Crippen molar-refractivity contribution in [2.45, 2.75) is 71.5 Å². The summed E-state index contributed by atoms with van der Waals surface area (Å²) in [6.45, 7) is 5.37. The van der Waals surface area contributed by atoms with Crippen LogP contribution in [-0.4, -0.2) is 46.3 Å². The highest BCUT2D eigenvalue weighted by Gasteiger charge is 2.18. The first kappa shape index (κ1) is 24.1. The van der Waals surface area contributed by atoms with Gasteiger partial charge in [0.1, 0.15) is 0 Å². The minimum absolute atomic E-state index is 0.0133. The molecule has 1 aromatic carbocycles. The molecule has 2 N–H and O–H groups in total. The molecule has 8 heteroatoms. The lowest BCUT2D eigenvalue weighted by molar-refractivity contribution is -0.130. The number of rotatable bonds is 8. The third-order valence-corrected chi connectivity index (χ3v) is 6.56. The number of nitrogens with zero attached hydrogens (tertiary/aromatic N) is 3. The van der Waals surface area contributed by atoms with E-state index in [1.165, 1.54) is 19.3 Å². The molecule has 174 valence electrons. The Balaban J connectivity index is 1.48. The van der Waals surface area contributed by atoms with E-state index < -0.39 is 0 Å². The van der Waals surface area contributed by atoms with Crippen LogP contribution in [0.4, 0.5) is 4.79 Å². The van der Waals surface area contributed by atoms with Gasteiger partial charge in [0.2, 0.25) is 5.91 Å². The zero-order valence-electron chi connectivity index (χ0n) is 19.3. The molecular formula is C24H34ClN5O2. The second-order valence-corrected chi connectivity index (χ2v) is 9.04. The van der Waals surface area contributed by atoms with Gasteiger partial charge in [0, 0.05) is 48.9 Å². The Labute approximate surface area is 195 Å². The monoisotopic (exact) mass is 459 g/mol. The van der Waals surface area contributed by atoms with Crippen molar-refractivity contribution in [2.24, 2.45) is 0 Å². The highest BCUT2D eigenvalue weighted by atomic mass is 35.5. The number of aromatic nitrogens is 2. The first-order valence-corrected chi connectivity index (χ1v) is 11.8. The molecule has 1 heterocycles. The van der Waals surface area contributed by atoms with Gasteiger partial charge in [0.15, 0.2) is 0 Å². The van der Waals surface area contributed by atoms with Gasteiger partial charge in [-0.3, -0.25) is 9.48 Å². The Morgan fingerprint density at radius 1 is 1.19 bits per heavy atom. The molecule has 0 radical (unpaired) electrons. The molecule has 0 saturated heterocycles. The Bertz CT molecular complexity index is 936. The number of hydrogen-bond donors (Lipinski definition) is 2. The number of halogens is 1. The molecule has 0 bridgehead atoms. The number of carbonyl (C=O) groups excluding carboxylic acids is 2. The largest absolute Gasteiger partial charge is 0.341 e. The zero-order chi connectivity index (χ0) is 23.1. The molecule has 0 unspecified atom stereocenters. The highest BCUT2D eigenvalue weighted by molar-refractivity contribution is 6.31. The molecular weight excluding hydrogens is 426 g/mol. The standard InChI is InChI=1S/C24H34ClN5O2/c1-17-21(18(2)30(28-17)15-19-9-7-8-12-22(19)25)16-29(3)23(31)13-14-26-24(32)27-20-10-5-4-6-11-20/h7-9,12,20H,4-6,10-11,13-16H2,1-3H3,(H2,26,27,32). The smallest absolute Gasteiger partial charge is 0.315 e. The van der Waals surface area contributed by atoms with Gasteiger partial charge in [-0.15, -0.1) is 0 Å². The van der Waals surface area contributed by atoms with Crippen LogP contribution in [0.25, 0.3) is 0 Å². The summed E-state index contributed by atoms with van der Waals surface area (Å²) in [7, 11) is 1.79. The van der Waals surface area contributed by atoms with Gasteiger partial charge < -0.3 is 15.5 Å². The summed E-state index contributed by atoms with van der Waals surface area (Å²) in [5.41, 5.74) is 3.97. The van der Waals surface area contributed by atoms with Crippen molar-refractivity contribution in [1.82, 2.24) is 25.3 Å². The molecule has 1 fully saturated rings. The summed E-state index contributed by atoms with van der Waals surface area (Å²) >= 11 is 6.30. The van der Waals surface area contributed by atoms with E-state index in [0.717, 1.165) is 35.4 Å². The highest BCUT2D eigenvalue weighted by Crippen LogP contribution is 2.20. The Morgan fingerprint density at radius 3 is 2.62 bits per heavy atom. The fourth-order valence-corrected chi connectivity index (χ4v) is 4.38. The molecule has 0 spiro atoms. The average Bonchev–Trinajstić information content (AvgIpc) is 3.03. The van der Waals surface area contributed by atoms with Crippen LogP contribution in [0.5, 0.6) is 0 Å². The number of amides is 3. The lowest BCUT2D eigenvalue weighted by Gasteiger charge is -2.23. The number of nitrogens with one attached hydrogen (secondary N) is 2. The van der Waals surface area contributed by atoms with Crippen LogP contribution in [0.15, 0.2) is 24.3 Å². The van der Waals surface area contributed by atoms with E-state index >= 15 is 0 Å². The number of carbonyl (C=O) groups is 2. The summed E-state index contributed by atoms with van der Waals surface area (Å²) in [5, 5.41) is 11.2. The van der Waals surface area contributed by atoms with Crippen LogP contribution in [0.3, 0.4) is 0 Å². The lowest BCUT2D eigenvalue weighted by atomic mass is 9.96. The molecule has 2 aromatic rings. The van der Waals surface area contributed by atoms with Crippen LogP contribution in [0, 0.1) is 13.8 Å². The molecule has 1 aromatic heterocycles. The third kappa shape index (κ3) is 6.48. The molecule has 32 heavy (non-hydrogen) atoms. The van der Waals surface area contributed by atoms with E-state index in [1.54, 1.807) is 11.9 Å². The van der Waals surface area contributed by atoms with Crippen LogP contribution in [0.2, 0.25) is 5.02 Å². The van der Waals surface area contributed by atoms with Gasteiger partial charge in [-0.2, -0.15) is 5.10 Å². The van der Waals surface area contributed by atoms with E-state index in [0.29, 0.717) is 24.7 Å². The summed E-state index contributed by atoms with van der Waals surface area (Å²) < 4.78 is 1.93. The molecule has 3 amide bonds. The van der Waals surface area contributed by atoms with Gasteiger partial charge in [-0.05, 0) is 38.3 Å². The Hall–Kier alpha value is -2.54. The first-order valence-electron chi connectivity index (χ1n) is 11.4. The van der Waals surface area contributed by atoms with E-state index in [2.05, 4.69) is 15.7 Å². The van der Waals surface area contributed by atoms with Crippen LogP contribution in [-0.2, 0) is 17.9 Å². The Kier molecular flexibility index (Phi) is 8.56. The average molecular weight is 460 g/mol. The van der Waals surface area contributed by atoms with Crippen molar-refractivity contribution in [2.75, 3.05) is 13.6 Å². The normalized spacial score (nSPS) is 14.2. The van der Waals surface area contributed by atoms with Crippen molar-refractivity contribution in [3.63, 3.8) is 0 Å². The predicted molar refractivity (Wildman–Crippen MR) is 127 cm³/mol. The van der Waals surface area contributed by atoms with Gasteiger partial charge in [0.05, 0.1) is 12.2 Å². The molecule has 7 nitrogen and oxygen atoms in total. The van der Waals surface area contributed by atoms with E-state index in [9.17, 15) is 9.59 Å². The van der Waals surface area contributed by atoms with Gasteiger partial charge in [-0.25, -0.2) is 4.79 Å². The number of hydrogen-bond acceptors (Lipinski definition) is 3. The summed E-state index contributed by atoms with van der Waals surface area (Å²) in [6, 6.07) is 7.82. The summed E-state index contributed by atoms with van der Waals surface area (Å²) in [6.07, 6.45) is 5.93. The van der Waals surface area contributed by atoms with Gasteiger partial charge in [-0.1, -0.05) is 49.1 Å². The van der Waals surface area contributed by atoms with Crippen molar-refractivity contribution >= 4 is 23.5 Å². The van der Waals surface area contributed by atoms with Gasteiger partial charge in [0.25, 0.3) is 0 Å². The van der Waals surface area contributed by atoms with Crippen LogP contribution in [0.1, 0.15) is 61.0 Å². The Morgan fingerprint density at radius 2 is 1.91 bits per heavy atom. The SMILES string of the molecule is Cc1nn(Cc2ccccc2Cl)c(C)c1CN(C)C(=O)CCNC(=O)NC1CCCCC1.